The first-order valence-electron chi connectivity index (χ1n) is 8.46. The van der Waals surface area contributed by atoms with Gasteiger partial charge in [-0.15, -0.1) is 11.3 Å². The van der Waals surface area contributed by atoms with Crippen molar-refractivity contribution in [2.24, 2.45) is 5.92 Å². The van der Waals surface area contributed by atoms with Gasteiger partial charge >= 0.3 is 0 Å². The minimum atomic E-state index is 0.642. The third-order valence-corrected chi connectivity index (χ3v) is 5.76. The molecule has 1 heterocycles. The highest BCUT2D eigenvalue weighted by molar-refractivity contribution is 7.11. The van der Waals surface area contributed by atoms with E-state index in [1.807, 2.05) is 11.3 Å². The minimum Gasteiger partial charge on any atom is -0.378 e. The molecule has 0 bridgehead atoms. The minimum absolute atomic E-state index is 0.642. The summed E-state index contributed by atoms with van der Waals surface area (Å²) in [4.78, 5) is 6.30. The fraction of sp³-hybridized carbons (Fsp3) is 0.824. The molecule has 0 saturated heterocycles. The van der Waals surface area contributed by atoms with E-state index in [4.69, 9.17) is 9.72 Å². The molecular weight excluding hydrogens is 280 g/mol. The lowest BCUT2D eigenvalue weighted by Gasteiger charge is -2.26. The molecule has 2 atom stereocenters. The molecule has 1 fully saturated rings. The SMILES string of the molecule is CCCNCc1sc(C2CCCC(CC)C2)nc1COC. The summed E-state index contributed by atoms with van der Waals surface area (Å²) in [5.74, 6) is 1.59. The Bertz CT molecular complexity index is 419. The molecule has 0 aromatic carbocycles. The van der Waals surface area contributed by atoms with Crippen molar-refractivity contribution in [1.29, 1.82) is 0 Å². The second-order valence-corrected chi connectivity index (χ2v) is 7.28. The van der Waals surface area contributed by atoms with E-state index in [0.717, 1.165) is 24.7 Å². The van der Waals surface area contributed by atoms with Crippen LogP contribution in [0.4, 0.5) is 0 Å². The van der Waals surface area contributed by atoms with Crippen LogP contribution < -0.4 is 5.32 Å². The molecule has 2 rings (SSSR count). The van der Waals surface area contributed by atoms with E-state index in [0.29, 0.717) is 12.5 Å². The molecule has 0 aliphatic heterocycles. The predicted molar refractivity (Wildman–Crippen MR) is 89.8 cm³/mol. The van der Waals surface area contributed by atoms with Crippen molar-refractivity contribution < 1.29 is 4.74 Å². The van der Waals surface area contributed by atoms with Crippen molar-refractivity contribution in [1.82, 2.24) is 10.3 Å². The van der Waals surface area contributed by atoms with E-state index in [-0.39, 0.29) is 0 Å². The molecule has 2 unspecified atom stereocenters. The van der Waals surface area contributed by atoms with Gasteiger partial charge in [-0.1, -0.05) is 33.1 Å². The molecule has 3 nitrogen and oxygen atoms in total. The van der Waals surface area contributed by atoms with Gasteiger partial charge < -0.3 is 10.1 Å². The maximum Gasteiger partial charge on any atom is 0.0963 e. The average Bonchev–Trinajstić information content (AvgIpc) is 2.91. The monoisotopic (exact) mass is 310 g/mol. The van der Waals surface area contributed by atoms with Crippen LogP contribution in [0.1, 0.15) is 73.9 Å². The highest BCUT2D eigenvalue weighted by atomic mass is 32.1. The van der Waals surface area contributed by atoms with Crippen molar-refractivity contribution in [2.75, 3.05) is 13.7 Å². The molecule has 1 saturated carbocycles. The lowest BCUT2D eigenvalue weighted by Crippen LogP contribution is -2.14. The van der Waals surface area contributed by atoms with E-state index in [1.54, 1.807) is 7.11 Å². The fourth-order valence-corrected chi connectivity index (χ4v) is 4.42. The van der Waals surface area contributed by atoms with Crippen molar-refractivity contribution in [3.63, 3.8) is 0 Å². The third kappa shape index (κ3) is 4.76. The Balaban J connectivity index is 2.06. The van der Waals surface area contributed by atoms with Gasteiger partial charge in [-0.25, -0.2) is 4.98 Å². The molecule has 1 N–H and O–H groups in total. The van der Waals surface area contributed by atoms with Gasteiger partial charge in [0.25, 0.3) is 0 Å². The van der Waals surface area contributed by atoms with Gasteiger partial charge in [0.05, 0.1) is 17.3 Å². The van der Waals surface area contributed by atoms with E-state index in [9.17, 15) is 0 Å². The smallest absolute Gasteiger partial charge is 0.0963 e. The summed E-state index contributed by atoms with van der Waals surface area (Å²) in [6, 6.07) is 0. The second-order valence-electron chi connectivity index (χ2n) is 6.17. The summed E-state index contributed by atoms with van der Waals surface area (Å²) >= 11 is 1.92. The Morgan fingerprint density at radius 1 is 1.33 bits per heavy atom. The van der Waals surface area contributed by atoms with E-state index >= 15 is 0 Å². The zero-order valence-corrected chi connectivity index (χ0v) is 14.6. The number of nitrogens with zero attached hydrogens (tertiary/aromatic N) is 1. The maximum absolute atomic E-state index is 5.33. The van der Waals surface area contributed by atoms with Crippen molar-refractivity contribution in [3.8, 4) is 0 Å². The molecule has 1 aromatic heterocycles. The van der Waals surface area contributed by atoms with E-state index in [2.05, 4.69) is 19.2 Å². The number of methoxy groups -OCH3 is 1. The van der Waals surface area contributed by atoms with Gasteiger partial charge in [-0.2, -0.15) is 0 Å². The fourth-order valence-electron chi connectivity index (χ4n) is 3.23. The lowest BCUT2D eigenvalue weighted by molar-refractivity contribution is 0.181. The maximum atomic E-state index is 5.33. The number of aromatic nitrogens is 1. The Morgan fingerprint density at radius 3 is 2.90 bits per heavy atom. The van der Waals surface area contributed by atoms with Crippen LogP contribution >= 0.6 is 11.3 Å². The first-order valence-corrected chi connectivity index (χ1v) is 9.28. The number of hydrogen-bond donors (Lipinski definition) is 1. The number of nitrogens with one attached hydrogen (secondary N) is 1. The lowest BCUT2D eigenvalue weighted by atomic mass is 9.80. The Labute approximate surface area is 133 Å². The average molecular weight is 311 g/mol. The summed E-state index contributed by atoms with van der Waals surface area (Å²) < 4.78 is 5.33. The normalized spacial score (nSPS) is 22.6. The zero-order chi connectivity index (χ0) is 15.1. The Hall–Kier alpha value is -0.450. The van der Waals surface area contributed by atoms with Crippen molar-refractivity contribution in [2.45, 2.75) is 71.4 Å². The van der Waals surface area contributed by atoms with Crippen LogP contribution in [0.2, 0.25) is 0 Å². The standard InChI is InChI=1S/C17H30N2OS/c1-4-9-18-11-16-15(12-20-3)19-17(21-16)14-8-6-7-13(5-2)10-14/h13-14,18H,4-12H2,1-3H3. The Kier molecular flexibility index (Phi) is 7.14. The summed E-state index contributed by atoms with van der Waals surface area (Å²) in [7, 11) is 1.76. The van der Waals surface area contributed by atoms with Gasteiger partial charge in [0, 0.05) is 24.4 Å². The van der Waals surface area contributed by atoms with Crippen LogP contribution in [-0.2, 0) is 17.9 Å². The van der Waals surface area contributed by atoms with Gasteiger partial charge in [0.2, 0.25) is 0 Å². The molecule has 0 amide bonds. The van der Waals surface area contributed by atoms with Crippen LogP contribution in [0.3, 0.4) is 0 Å². The quantitative estimate of drug-likeness (QED) is 0.719. The number of thiazole rings is 1. The summed E-state index contributed by atoms with van der Waals surface area (Å²) in [6.07, 6.45) is 7.92. The number of hydrogen-bond acceptors (Lipinski definition) is 4. The van der Waals surface area contributed by atoms with Gasteiger partial charge in [0.1, 0.15) is 0 Å². The number of rotatable bonds is 8. The number of ether oxygens (including phenoxy) is 1. The second kappa shape index (κ2) is 8.86. The van der Waals surface area contributed by atoms with E-state index in [1.165, 1.54) is 48.4 Å². The zero-order valence-electron chi connectivity index (χ0n) is 13.8. The van der Waals surface area contributed by atoms with E-state index < -0.39 is 0 Å². The van der Waals surface area contributed by atoms with Crippen molar-refractivity contribution >= 4 is 11.3 Å². The van der Waals surface area contributed by atoms with Crippen LogP contribution in [0, 0.1) is 5.92 Å². The highest BCUT2D eigenvalue weighted by Crippen LogP contribution is 2.39. The Morgan fingerprint density at radius 2 is 2.19 bits per heavy atom. The highest BCUT2D eigenvalue weighted by Gasteiger charge is 2.25. The molecule has 21 heavy (non-hydrogen) atoms. The van der Waals surface area contributed by atoms with Crippen LogP contribution in [0.15, 0.2) is 0 Å². The van der Waals surface area contributed by atoms with Crippen LogP contribution in [0.5, 0.6) is 0 Å². The largest absolute Gasteiger partial charge is 0.378 e. The summed E-state index contributed by atoms with van der Waals surface area (Å²) in [6.45, 7) is 7.18. The molecule has 0 spiro atoms. The molecule has 4 heteroatoms. The van der Waals surface area contributed by atoms with Gasteiger partial charge in [-0.05, 0) is 31.7 Å². The molecule has 1 aromatic rings. The van der Waals surface area contributed by atoms with Gasteiger partial charge in [0.15, 0.2) is 0 Å². The van der Waals surface area contributed by atoms with Crippen LogP contribution in [-0.4, -0.2) is 18.6 Å². The third-order valence-electron chi connectivity index (χ3n) is 4.50. The summed E-state index contributed by atoms with van der Waals surface area (Å²) in [5.41, 5.74) is 1.15. The molecule has 1 aliphatic rings. The summed E-state index contributed by atoms with van der Waals surface area (Å²) in [5, 5.41) is 4.86. The van der Waals surface area contributed by atoms with Crippen molar-refractivity contribution in [3.05, 3.63) is 15.6 Å². The van der Waals surface area contributed by atoms with Crippen LogP contribution in [0.25, 0.3) is 0 Å². The molecular formula is C17H30N2OS. The van der Waals surface area contributed by atoms with Gasteiger partial charge in [-0.3, -0.25) is 0 Å². The molecule has 1 aliphatic carbocycles. The predicted octanol–water partition coefficient (Wildman–Crippen LogP) is 4.47. The first-order chi connectivity index (χ1) is 10.3. The topological polar surface area (TPSA) is 34.2 Å². The molecule has 0 radical (unpaired) electrons. The first kappa shape index (κ1) is 16.9. The molecule has 120 valence electrons.